The Morgan fingerprint density at radius 2 is 2.28 bits per heavy atom. The summed E-state index contributed by atoms with van der Waals surface area (Å²) in [6, 6.07) is 7.37. The average Bonchev–Trinajstić information content (AvgIpc) is 2.89. The van der Waals surface area contributed by atoms with Gasteiger partial charge in [0, 0.05) is 17.6 Å². The number of thiophene rings is 1. The van der Waals surface area contributed by atoms with Gasteiger partial charge in [0.25, 0.3) is 5.91 Å². The van der Waals surface area contributed by atoms with Crippen LogP contribution in [0.2, 0.25) is 0 Å². The largest absolute Gasteiger partial charge is 0.384 e. The third-order valence-electron chi connectivity index (χ3n) is 2.63. The monoisotopic (exact) mass is 261 g/mol. The first kappa shape index (κ1) is 12.6. The zero-order valence-corrected chi connectivity index (χ0v) is 11.0. The molecule has 2 aromatic heterocycles. The van der Waals surface area contributed by atoms with Gasteiger partial charge in [0.2, 0.25) is 0 Å². The number of nitrogen functional groups attached to an aromatic ring is 1. The summed E-state index contributed by atoms with van der Waals surface area (Å²) in [5.74, 6) is 0.409. The van der Waals surface area contributed by atoms with Crippen LogP contribution in [-0.4, -0.2) is 22.3 Å². The number of hydrogen-bond donors (Lipinski definition) is 1. The number of nitrogens with two attached hydrogens (primary N) is 1. The predicted molar refractivity (Wildman–Crippen MR) is 73.4 cm³/mol. The van der Waals surface area contributed by atoms with Gasteiger partial charge in [-0.2, -0.15) is 0 Å². The van der Waals surface area contributed by atoms with E-state index in [0.29, 0.717) is 24.5 Å². The summed E-state index contributed by atoms with van der Waals surface area (Å²) in [5, 5.41) is 2.01. The van der Waals surface area contributed by atoms with Gasteiger partial charge in [-0.3, -0.25) is 4.79 Å². The molecule has 0 aliphatic carbocycles. The molecule has 2 rings (SSSR count). The van der Waals surface area contributed by atoms with Gasteiger partial charge in [-0.05, 0) is 30.5 Å². The van der Waals surface area contributed by atoms with E-state index < -0.39 is 0 Å². The molecule has 5 heteroatoms. The molecule has 0 saturated carbocycles. The van der Waals surface area contributed by atoms with Crippen molar-refractivity contribution in [2.24, 2.45) is 0 Å². The summed E-state index contributed by atoms with van der Waals surface area (Å²) in [6.07, 6.45) is 1.52. The van der Waals surface area contributed by atoms with E-state index in [4.69, 9.17) is 5.73 Å². The number of carbonyl (C=O) groups excluding carboxylic acids is 1. The van der Waals surface area contributed by atoms with Crippen molar-refractivity contribution in [3.63, 3.8) is 0 Å². The summed E-state index contributed by atoms with van der Waals surface area (Å²) < 4.78 is 0. The first-order valence-corrected chi connectivity index (χ1v) is 6.62. The molecule has 2 heterocycles. The normalized spacial score (nSPS) is 10.3. The van der Waals surface area contributed by atoms with Crippen molar-refractivity contribution < 1.29 is 4.79 Å². The van der Waals surface area contributed by atoms with Crippen molar-refractivity contribution in [2.75, 3.05) is 12.3 Å². The minimum atomic E-state index is -0.0154. The van der Waals surface area contributed by atoms with Gasteiger partial charge in [0.15, 0.2) is 0 Å². The lowest BCUT2D eigenvalue weighted by atomic mass is 10.2. The van der Waals surface area contributed by atoms with Crippen LogP contribution in [-0.2, 0) is 6.54 Å². The van der Waals surface area contributed by atoms with Gasteiger partial charge in [0.05, 0.1) is 12.1 Å². The topological polar surface area (TPSA) is 59.2 Å². The van der Waals surface area contributed by atoms with Crippen LogP contribution in [0.4, 0.5) is 5.82 Å². The van der Waals surface area contributed by atoms with Crippen molar-refractivity contribution in [2.45, 2.75) is 13.5 Å². The van der Waals surface area contributed by atoms with Gasteiger partial charge < -0.3 is 10.6 Å². The second-order valence-corrected chi connectivity index (χ2v) is 4.90. The summed E-state index contributed by atoms with van der Waals surface area (Å²) in [5.41, 5.74) is 6.08. The van der Waals surface area contributed by atoms with Gasteiger partial charge >= 0.3 is 0 Å². The molecule has 0 unspecified atom stereocenters. The number of nitrogens with zero attached hydrogens (tertiary/aromatic N) is 2. The molecule has 0 radical (unpaired) electrons. The van der Waals surface area contributed by atoms with Gasteiger partial charge in [0.1, 0.15) is 5.82 Å². The molecule has 0 bridgehead atoms. The number of hydrogen-bond acceptors (Lipinski definition) is 4. The molecule has 0 aliphatic heterocycles. The maximum Gasteiger partial charge on any atom is 0.255 e. The molecule has 0 spiro atoms. The van der Waals surface area contributed by atoms with E-state index in [0.717, 1.165) is 0 Å². The Morgan fingerprint density at radius 1 is 1.44 bits per heavy atom. The Kier molecular flexibility index (Phi) is 3.94. The summed E-state index contributed by atoms with van der Waals surface area (Å²) >= 11 is 1.65. The second-order valence-electron chi connectivity index (χ2n) is 3.87. The Labute approximate surface area is 110 Å². The molecule has 4 nitrogen and oxygen atoms in total. The quantitative estimate of drug-likeness (QED) is 0.919. The lowest BCUT2D eigenvalue weighted by Crippen LogP contribution is -2.30. The van der Waals surface area contributed by atoms with Crippen molar-refractivity contribution in [1.82, 2.24) is 9.88 Å². The molecular formula is C13H15N3OS. The van der Waals surface area contributed by atoms with Crippen LogP contribution in [0.15, 0.2) is 35.8 Å². The first-order chi connectivity index (χ1) is 8.70. The van der Waals surface area contributed by atoms with E-state index >= 15 is 0 Å². The smallest absolute Gasteiger partial charge is 0.255 e. The zero-order valence-electron chi connectivity index (χ0n) is 10.2. The van der Waals surface area contributed by atoms with E-state index in [9.17, 15) is 4.79 Å². The SMILES string of the molecule is CCN(Cc1cccs1)C(=O)c1ccc(N)nc1. The molecule has 0 aromatic carbocycles. The first-order valence-electron chi connectivity index (χ1n) is 5.74. The molecule has 94 valence electrons. The van der Waals surface area contributed by atoms with E-state index in [1.165, 1.54) is 11.1 Å². The molecule has 0 fully saturated rings. The molecule has 2 N–H and O–H groups in total. The number of carbonyl (C=O) groups is 1. The van der Waals surface area contributed by atoms with Crippen molar-refractivity contribution in [3.8, 4) is 0 Å². The summed E-state index contributed by atoms with van der Waals surface area (Å²) in [4.78, 5) is 19.2. The van der Waals surface area contributed by atoms with E-state index in [1.54, 1.807) is 28.4 Å². The average molecular weight is 261 g/mol. The van der Waals surface area contributed by atoms with Crippen LogP contribution in [0.1, 0.15) is 22.2 Å². The van der Waals surface area contributed by atoms with Gasteiger partial charge in [-0.1, -0.05) is 6.07 Å². The Morgan fingerprint density at radius 3 is 2.83 bits per heavy atom. The van der Waals surface area contributed by atoms with Crippen LogP contribution in [0.3, 0.4) is 0 Å². The van der Waals surface area contributed by atoms with Crippen molar-refractivity contribution in [1.29, 1.82) is 0 Å². The zero-order chi connectivity index (χ0) is 13.0. The molecule has 0 saturated heterocycles. The van der Waals surface area contributed by atoms with E-state index in [-0.39, 0.29) is 5.91 Å². The maximum absolute atomic E-state index is 12.3. The highest BCUT2D eigenvalue weighted by atomic mass is 32.1. The van der Waals surface area contributed by atoms with Crippen molar-refractivity contribution >= 4 is 23.1 Å². The highest BCUT2D eigenvalue weighted by Gasteiger charge is 2.15. The van der Waals surface area contributed by atoms with Gasteiger partial charge in [-0.15, -0.1) is 11.3 Å². The Balaban J connectivity index is 2.12. The lowest BCUT2D eigenvalue weighted by molar-refractivity contribution is 0.0754. The standard InChI is InChI=1S/C13H15N3OS/c1-2-16(9-11-4-3-7-18-11)13(17)10-5-6-12(14)15-8-10/h3-8H,2,9H2,1H3,(H2,14,15). The fourth-order valence-corrected chi connectivity index (χ4v) is 2.35. The third kappa shape index (κ3) is 2.87. The number of aromatic nitrogens is 1. The molecular weight excluding hydrogens is 246 g/mol. The maximum atomic E-state index is 12.3. The third-order valence-corrected chi connectivity index (χ3v) is 3.49. The van der Waals surface area contributed by atoms with E-state index in [2.05, 4.69) is 4.98 Å². The second kappa shape index (κ2) is 5.64. The highest BCUT2D eigenvalue weighted by molar-refractivity contribution is 7.09. The summed E-state index contributed by atoms with van der Waals surface area (Å²) in [7, 11) is 0. The van der Waals surface area contributed by atoms with E-state index in [1.807, 2.05) is 24.4 Å². The number of pyridine rings is 1. The van der Waals surface area contributed by atoms with Crippen LogP contribution in [0.25, 0.3) is 0 Å². The Bertz CT molecular complexity index is 508. The van der Waals surface area contributed by atoms with Crippen LogP contribution >= 0.6 is 11.3 Å². The van der Waals surface area contributed by atoms with Crippen LogP contribution < -0.4 is 5.73 Å². The molecule has 0 atom stereocenters. The Hall–Kier alpha value is -1.88. The van der Waals surface area contributed by atoms with Gasteiger partial charge in [-0.25, -0.2) is 4.98 Å². The number of anilines is 1. The molecule has 0 aliphatic rings. The number of rotatable bonds is 4. The highest BCUT2D eigenvalue weighted by Crippen LogP contribution is 2.14. The molecule has 2 aromatic rings. The summed E-state index contributed by atoms with van der Waals surface area (Å²) in [6.45, 7) is 3.27. The molecule has 1 amide bonds. The minimum absolute atomic E-state index is 0.0154. The lowest BCUT2D eigenvalue weighted by Gasteiger charge is -2.20. The van der Waals surface area contributed by atoms with Crippen LogP contribution in [0, 0.1) is 0 Å². The number of amides is 1. The minimum Gasteiger partial charge on any atom is -0.384 e. The van der Waals surface area contributed by atoms with Crippen LogP contribution in [0.5, 0.6) is 0 Å². The van der Waals surface area contributed by atoms with Crippen molar-refractivity contribution in [3.05, 3.63) is 46.3 Å². The fraction of sp³-hybridized carbons (Fsp3) is 0.231. The fourth-order valence-electron chi connectivity index (χ4n) is 1.63. The molecule has 18 heavy (non-hydrogen) atoms. The predicted octanol–water partition coefficient (Wildman–Crippen LogP) is 2.39.